The number of phenolic OH excluding ortho intramolecular Hbond substituents is 1. The van der Waals surface area contributed by atoms with E-state index < -0.39 is 23.4 Å². The lowest BCUT2D eigenvalue weighted by Gasteiger charge is -2.31. The lowest BCUT2D eigenvalue weighted by molar-refractivity contribution is -0.152. The number of hydrogen-bond acceptors (Lipinski definition) is 8. The Morgan fingerprint density at radius 3 is 2.17 bits per heavy atom. The molecule has 0 radical (unpaired) electrons. The predicted molar refractivity (Wildman–Crippen MR) is 98.6 cm³/mol. The number of ether oxygens (including phenoxy) is 5. The molecule has 2 aliphatic heterocycles. The fourth-order valence-corrected chi connectivity index (χ4v) is 4.79. The molecule has 2 N–H and O–H groups in total. The smallest absolute Gasteiger partial charge is 0.316 e. The molecule has 3 aliphatic rings. The maximum Gasteiger partial charge on any atom is 0.316 e. The van der Waals surface area contributed by atoms with E-state index in [1.54, 1.807) is 24.3 Å². The second-order valence-corrected chi connectivity index (χ2v) is 7.37. The summed E-state index contributed by atoms with van der Waals surface area (Å²) in [6.45, 7) is 0.326. The third-order valence-electron chi connectivity index (χ3n) is 6.15. The monoisotopic (exact) mass is 400 g/mol. The van der Waals surface area contributed by atoms with Crippen molar-refractivity contribution in [1.29, 1.82) is 0 Å². The Balaban J connectivity index is 1.77. The summed E-state index contributed by atoms with van der Waals surface area (Å²) in [7, 11) is 2.88. The third kappa shape index (κ3) is 2.26. The lowest BCUT2D eigenvalue weighted by atomic mass is 9.70. The minimum Gasteiger partial charge on any atom is -0.502 e. The molecular formula is C21H20O8. The molecule has 29 heavy (non-hydrogen) atoms. The van der Waals surface area contributed by atoms with E-state index in [-0.39, 0.29) is 30.6 Å². The van der Waals surface area contributed by atoms with Gasteiger partial charge in [0, 0.05) is 12.3 Å². The fraction of sp³-hybridized carbons (Fsp3) is 0.381. The van der Waals surface area contributed by atoms with E-state index in [2.05, 4.69) is 0 Å². The van der Waals surface area contributed by atoms with Crippen molar-refractivity contribution in [3.63, 3.8) is 0 Å². The van der Waals surface area contributed by atoms with Crippen LogP contribution < -0.4 is 18.9 Å². The Morgan fingerprint density at radius 1 is 1.00 bits per heavy atom. The third-order valence-corrected chi connectivity index (χ3v) is 6.15. The van der Waals surface area contributed by atoms with Gasteiger partial charge in [-0.1, -0.05) is 0 Å². The highest BCUT2D eigenvalue weighted by Crippen LogP contribution is 2.63. The molecule has 152 valence electrons. The molecule has 0 amide bonds. The van der Waals surface area contributed by atoms with Crippen molar-refractivity contribution in [3.8, 4) is 28.7 Å². The summed E-state index contributed by atoms with van der Waals surface area (Å²) in [5, 5.41) is 21.6. The summed E-state index contributed by atoms with van der Waals surface area (Å²) in [5.74, 6) is 0.382. The molecule has 1 spiro atoms. The van der Waals surface area contributed by atoms with Crippen LogP contribution in [-0.4, -0.2) is 43.8 Å². The Morgan fingerprint density at radius 2 is 1.62 bits per heavy atom. The first-order valence-electron chi connectivity index (χ1n) is 9.25. The zero-order chi connectivity index (χ0) is 20.3. The van der Waals surface area contributed by atoms with Crippen LogP contribution in [0, 0.1) is 5.41 Å². The molecule has 2 aromatic carbocycles. The van der Waals surface area contributed by atoms with Crippen LogP contribution in [0.2, 0.25) is 0 Å². The first-order chi connectivity index (χ1) is 14.0. The second-order valence-electron chi connectivity index (χ2n) is 7.37. The van der Waals surface area contributed by atoms with Gasteiger partial charge >= 0.3 is 5.97 Å². The first-order valence-corrected chi connectivity index (χ1v) is 9.25. The van der Waals surface area contributed by atoms with Crippen molar-refractivity contribution in [2.24, 2.45) is 5.41 Å². The van der Waals surface area contributed by atoms with Gasteiger partial charge in [-0.3, -0.25) is 4.79 Å². The van der Waals surface area contributed by atoms with Gasteiger partial charge in [-0.05, 0) is 41.0 Å². The van der Waals surface area contributed by atoms with Gasteiger partial charge in [0.15, 0.2) is 23.0 Å². The highest BCUT2D eigenvalue weighted by atomic mass is 16.7. The van der Waals surface area contributed by atoms with Gasteiger partial charge in [0.1, 0.15) is 5.41 Å². The van der Waals surface area contributed by atoms with Crippen LogP contribution in [0.3, 0.4) is 0 Å². The number of hydrogen-bond donors (Lipinski definition) is 2. The number of benzene rings is 2. The summed E-state index contributed by atoms with van der Waals surface area (Å²) in [6.07, 6.45) is -0.720. The number of phenols is 1. The van der Waals surface area contributed by atoms with Gasteiger partial charge in [-0.25, -0.2) is 0 Å². The van der Waals surface area contributed by atoms with Crippen molar-refractivity contribution in [3.05, 3.63) is 41.0 Å². The van der Waals surface area contributed by atoms with Crippen LogP contribution in [0.4, 0.5) is 0 Å². The topological polar surface area (TPSA) is 104 Å². The van der Waals surface area contributed by atoms with E-state index >= 15 is 0 Å². The molecule has 1 aliphatic carbocycles. The molecular weight excluding hydrogens is 380 g/mol. The molecule has 8 nitrogen and oxygen atoms in total. The Labute approximate surface area is 166 Å². The van der Waals surface area contributed by atoms with E-state index in [9.17, 15) is 15.0 Å². The molecule has 0 bridgehead atoms. The average molecular weight is 400 g/mol. The number of fused-ring (bicyclic) bond motifs is 2. The predicted octanol–water partition coefficient (Wildman–Crippen LogP) is 2.25. The molecule has 5 rings (SSSR count). The maximum absolute atomic E-state index is 12.9. The molecule has 2 heterocycles. The highest BCUT2D eigenvalue weighted by Gasteiger charge is 2.62. The minimum atomic E-state index is -1.19. The zero-order valence-corrected chi connectivity index (χ0v) is 15.9. The Bertz CT molecular complexity index is 991. The molecule has 0 unspecified atom stereocenters. The first kappa shape index (κ1) is 17.9. The number of methoxy groups -OCH3 is 2. The maximum atomic E-state index is 12.9. The highest BCUT2D eigenvalue weighted by molar-refractivity contribution is 5.84. The molecule has 3 atom stereocenters. The van der Waals surface area contributed by atoms with Gasteiger partial charge in [0.05, 0.1) is 26.9 Å². The van der Waals surface area contributed by atoms with Crippen molar-refractivity contribution >= 4 is 5.97 Å². The number of aromatic hydroxyl groups is 1. The van der Waals surface area contributed by atoms with E-state index in [1.807, 2.05) is 0 Å². The van der Waals surface area contributed by atoms with E-state index in [0.29, 0.717) is 29.0 Å². The van der Waals surface area contributed by atoms with Gasteiger partial charge in [-0.15, -0.1) is 0 Å². The van der Waals surface area contributed by atoms with E-state index in [0.717, 1.165) is 5.56 Å². The molecule has 1 fully saturated rings. The summed E-state index contributed by atoms with van der Waals surface area (Å²) < 4.78 is 26.9. The van der Waals surface area contributed by atoms with Crippen LogP contribution in [0.15, 0.2) is 24.3 Å². The quantitative estimate of drug-likeness (QED) is 0.757. The molecule has 8 heteroatoms. The Kier molecular flexibility index (Phi) is 3.82. The molecule has 0 saturated carbocycles. The number of esters is 1. The number of cyclic esters (lactones) is 1. The number of carbonyl (C=O) groups is 1. The Hall–Kier alpha value is -3.13. The van der Waals surface area contributed by atoms with Crippen LogP contribution in [0.25, 0.3) is 0 Å². The normalized spacial score (nSPS) is 26.5. The summed E-state index contributed by atoms with van der Waals surface area (Å²) in [5.41, 5.74) is 0.816. The standard InChI is InChI=1S/C21H20O8/c1-25-15-5-10(6-16(26-2)18(15)22)17-11-7-13-14(29-9-28-13)8-12(11)19(23)21(17)3-4-27-20(21)24/h5-8,17,19,22-23H,3-4,9H2,1-2H3/t17-,19+,21-/m1/s1. The molecule has 2 aromatic rings. The summed E-state index contributed by atoms with van der Waals surface area (Å²) in [6, 6.07) is 6.84. The van der Waals surface area contributed by atoms with Gasteiger partial charge in [0.2, 0.25) is 12.5 Å². The van der Waals surface area contributed by atoms with Crippen LogP contribution in [-0.2, 0) is 9.53 Å². The van der Waals surface area contributed by atoms with Crippen molar-refractivity contribution in [1.82, 2.24) is 0 Å². The van der Waals surface area contributed by atoms with Gasteiger partial charge in [-0.2, -0.15) is 0 Å². The minimum absolute atomic E-state index is 0.104. The summed E-state index contributed by atoms with van der Waals surface area (Å²) >= 11 is 0. The average Bonchev–Trinajstić information content (AvgIpc) is 3.40. The lowest BCUT2D eigenvalue weighted by Crippen LogP contribution is -2.35. The van der Waals surface area contributed by atoms with Crippen LogP contribution >= 0.6 is 0 Å². The zero-order valence-electron chi connectivity index (χ0n) is 15.9. The van der Waals surface area contributed by atoms with Gasteiger partial charge in [0.25, 0.3) is 0 Å². The van der Waals surface area contributed by atoms with Crippen LogP contribution in [0.1, 0.15) is 35.1 Å². The SMILES string of the molecule is COc1cc([C@@H]2c3cc4c(cc3[C@H](O)[C@@]23CCOC3=O)OCO4)cc(OC)c1O. The van der Waals surface area contributed by atoms with Crippen LogP contribution in [0.5, 0.6) is 28.7 Å². The number of rotatable bonds is 3. The van der Waals surface area contributed by atoms with Crippen molar-refractivity contribution < 1.29 is 38.7 Å². The number of aliphatic hydroxyl groups is 1. The second kappa shape index (κ2) is 6.18. The van der Waals surface area contributed by atoms with Crippen molar-refractivity contribution in [2.45, 2.75) is 18.4 Å². The van der Waals surface area contributed by atoms with E-state index in [4.69, 9.17) is 23.7 Å². The van der Waals surface area contributed by atoms with Crippen molar-refractivity contribution in [2.75, 3.05) is 27.6 Å². The molecule has 1 saturated heterocycles. The van der Waals surface area contributed by atoms with E-state index in [1.165, 1.54) is 14.2 Å². The molecule has 0 aromatic heterocycles. The summed E-state index contributed by atoms with van der Waals surface area (Å²) in [4.78, 5) is 12.9. The number of aliphatic hydroxyl groups excluding tert-OH is 1. The fourth-order valence-electron chi connectivity index (χ4n) is 4.79. The largest absolute Gasteiger partial charge is 0.502 e. The number of carbonyl (C=O) groups excluding carboxylic acids is 1. The van der Waals surface area contributed by atoms with Gasteiger partial charge < -0.3 is 33.9 Å².